The van der Waals surface area contributed by atoms with Crippen molar-refractivity contribution in [2.75, 3.05) is 25.5 Å². The first-order valence-electron chi connectivity index (χ1n) is 8.98. The predicted octanol–water partition coefficient (Wildman–Crippen LogP) is 2.53. The van der Waals surface area contributed by atoms with Gasteiger partial charge in [-0.1, -0.05) is 23.4 Å². The lowest BCUT2D eigenvalue weighted by Gasteiger charge is -2.28. The Morgan fingerprint density at radius 1 is 1.33 bits per heavy atom. The molecule has 2 aromatic heterocycles. The van der Waals surface area contributed by atoms with Gasteiger partial charge in [-0.25, -0.2) is 9.37 Å². The number of anilines is 1. The Hall–Kier alpha value is -2.58. The van der Waals surface area contributed by atoms with Gasteiger partial charge in [0.25, 0.3) is 5.71 Å². The summed E-state index contributed by atoms with van der Waals surface area (Å²) >= 11 is 0. The predicted molar refractivity (Wildman–Crippen MR) is 98.7 cm³/mol. The van der Waals surface area contributed by atoms with Crippen LogP contribution in [0.1, 0.15) is 23.7 Å². The summed E-state index contributed by atoms with van der Waals surface area (Å²) in [6, 6.07) is 6.69. The van der Waals surface area contributed by atoms with E-state index in [1.54, 1.807) is 6.07 Å². The second-order valence-electron chi connectivity index (χ2n) is 7.02. The number of rotatable bonds is 5. The number of aliphatic hydroxyl groups is 1. The van der Waals surface area contributed by atoms with Gasteiger partial charge in [0, 0.05) is 24.2 Å². The molecule has 1 aliphatic rings. The zero-order valence-corrected chi connectivity index (χ0v) is 15.3. The fourth-order valence-electron chi connectivity index (χ4n) is 4.07. The highest BCUT2D eigenvalue weighted by atomic mass is 19.1. The summed E-state index contributed by atoms with van der Waals surface area (Å²) in [6.07, 6.45) is 2.19. The second-order valence-corrected chi connectivity index (χ2v) is 7.02. The molecule has 1 fully saturated rings. The SMILES string of the molecule is Cc1noc2ncnc(NCC3CC(CO)N(C)C3c3ccccc3F)c12. The van der Waals surface area contributed by atoms with Crippen LogP contribution in [0.5, 0.6) is 0 Å². The first-order valence-corrected chi connectivity index (χ1v) is 8.98. The van der Waals surface area contributed by atoms with Gasteiger partial charge in [0.15, 0.2) is 0 Å². The number of halogens is 1. The number of nitrogens with zero attached hydrogens (tertiary/aromatic N) is 4. The summed E-state index contributed by atoms with van der Waals surface area (Å²) < 4.78 is 19.6. The molecule has 27 heavy (non-hydrogen) atoms. The van der Waals surface area contributed by atoms with Crippen LogP contribution in [-0.2, 0) is 0 Å². The van der Waals surface area contributed by atoms with E-state index in [4.69, 9.17) is 4.52 Å². The Bertz CT molecular complexity index is 947. The first kappa shape index (κ1) is 17.8. The van der Waals surface area contributed by atoms with Gasteiger partial charge in [0.2, 0.25) is 0 Å². The number of nitrogens with one attached hydrogen (secondary N) is 1. The molecule has 0 bridgehead atoms. The molecule has 1 saturated heterocycles. The molecule has 3 aromatic rings. The summed E-state index contributed by atoms with van der Waals surface area (Å²) in [5, 5.41) is 17.8. The highest BCUT2D eigenvalue weighted by molar-refractivity contribution is 5.87. The van der Waals surface area contributed by atoms with E-state index >= 15 is 0 Å². The molecule has 0 aliphatic carbocycles. The molecule has 1 aliphatic heterocycles. The van der Waals surface area contributed by atoms with Crippen LogP contribution in [0.25, 0.3) is 11.1 Å². The second kappa shape index (κ2) is 7.21. The topological polar surface area (TPSA) is 87.3 Å². The van der Waals surface area contributed by atoms with Crippen LogP contribution in [0, 0.1) is 18.7 Å². The average molecular weight is 371 g/mol. The fourth-order valence-corrected chi connectivity index (χ4v) is 4.07. The van der Waals surface area contributed by atoms with E-state index in [0.717, 1.165) is 17.5 Å². The molecule has 3 heterocycles. The maximum absolute atomic E-state index is 14.5. The molecule has 0 amide bonds. The van der Waals surface area contributed by atoms with Crippen LogP contribution in [0.3, 0.4) is 0 Å². The van der Waals surface area contributed by atoms with Crippen molar-refractivity contribution in [2.24, 2.45) is 5.92 Å². The number of aryl methyl sites for hydroxylation is 1. The van der Waals surface area contributed by atoms with Crippen LogP contribution < -0.4 is 5.32 Å². The normalized spacial score (nSPS) is 23.2. The van der Waals surface area contributed by atoms with Crippen molar-refractivity contribution >= 4 is 16.9 Å². The molecule has 3 unspecified atom stereocenters. The smallest absolute Gasteiger partial charge is 0.263 e. The maximum Gasteiger partial charge on any atom is 0.263 e. The van der Waals surface area contributed by atoms with Gasteiger partial charge in [-0.3, -0.25) is 4.90 Å². The molecule has 0 saturated carbocycles. The number of likely N-dealkylation sites (N-methyl/N-ethyl adjacent to an activating group) is 1. The molecule has 2 N–H and O–H groups in total. The zero-order valence-electron chi connectivity index (χ0n) is 15.3. The zero-order chi connectivity index (χ0) is 19.0. The number of aromatic nitrogens is 3. The van der Waals surface area contributed by atoms with Crippen LogP contribution in [0.15, 0.2) is 35.1 Å². The van der Waals surface area contributed by atoms with Crippen LogP contribution >= 0.6 is 0 Å². The molecule has 7 nitrogen and oxygen atoms in total. The highest BCUT2D eigenvalue weighted by Crippen LogP contribution is 2.40. The monoisotopic (exact) mass is 371 g/mol. The third-order valence-electron chi connectivity index (χ3n) is 5.45. The lowest BCUT2D eigenvalue weighted by Crippen LogP contribution is -2.31. The number of benzene rings is 1. The number of hydrogen-bond acceptors (Lipinski definition) is 7. The number of likely N-dealkylation sites (tertiary alicyclic amines) is 1. The van der Waals surface area contributed by atoms with E-state index in [9.17, 15) is 9.50 Å². The van der Waals surface area contributed by atoms with E-state index in [0.29, 0.717) is 23.6 Å². The van der Waals surface area contributed by atoms with Crippen molar-refractivity contribution < 1.29 is 14.0 Å². The lowest BCUT2D eigenvalue weighted by molar-refractivity contribution is 0.152. The Labute approximate surface area is 156 Å². The van der Waals surface area contributed by atoms with E-state index in [-0.39, 0.29) is 30.4 Å². The van der Waals surface area contributed by atoms with Crippen molar-refractivity contribution in [3.8, 4) is 0 Å². The van der Waals surface area contributed by atoms with Crippen molar-refractivity contribution in [1.82, 2.24) is 20.0 Å². The molecule has 1 aromatic carbocycles. The minimum atomic E-state index is -0.225. The highest BCUT2D eigenvalue weighted by Gasteiger charge is 2.40. The Morgan fingerprint density at radius 2 is 2.15 bits per heavy atom. The van der Waals surface area contributed by atoms with Gasteiger partial charge < -0.3 is 14.9 Å². The van der Waals surface area contributed by atoms with Gasteiger partial charge in [-0.2, -0.15) is 4.98 Å². The molecular weight excluding hydrogens is 349 g/mol. The van der Waals surface area contributed by atoms with Crippen LogP contribution in [-0.4, -0.2) is 51.4 Å². The number of aliphatic hydroxyl groups excluding tert-OH is 1. The molecule has 3 atom stereocenters. The molecule has 0 spiro atoms. The van der Waals surface area contributed by atoms with Gasteiger partial charge >= 0.3 is 0 Å². The third kappa shape index (κ3) is 3.15. The Kier molecular flexibility index (Phi) is 4.75. The minimum Gasteiger partial charge on any atom is -0.395 e. The first-order chi connectivity index (χ1) is 13.1. The molecule has 0 radical (unpaired) electrons. The molecular formula is C19H22FN5O2. The fraction of sp³-hybridized carbons (Fsp3) is 0.421. The Balaban J connectivity index is 1.61. The number of fused-ring (bicyclic) bond motifs is 1. The molecule has 142 valence electrons. The number of hydrogen-bond donors (Lipinski definition) is 2. The van der Waals surface area contributed by atoms with Gasteiger partial charge in [-0.05, 0) is 32.4 Å². The van der Waals surface area contributed by atoms with Gasteiger partial charge in [-0.15, -0.1) is 0 Å². The average Bonchev–Trinajstić information content (AvgIpc) is 3.21. The van der Waals surface area contributed by atoms with E-state index in [1.807, 2.05) is 26.1 Å². The summed E-state index contributed by atoms with van der Waals surface area (Å²) in [7, 11) is 1.94. The Morgan fingerprint density at radius 3 is 2.93 bits per heavy atom. The van der Waals surface area contributed by atoms with E-state index < -0.39 is 0 Å². The van der Waals surface area contributed by atoms with E-state index in [1.165, 1.54) is 12.4 Å². The van der Waals surface area contributed by atoms with Crippen molar-refractivity contribution in [1.29, 1.82) is 0 Å². The standard InChI is InChI=1S/C19H22FN5O2/c1-11-16-18(22-10-23-19(16)27-24-11)21-8-12-7-13(9-26)25(2)17(12)14-5-3-4-6-15(14)20/h3-6,10,12-13,17,26H,7-9H2,1-2H3,(H,21,22,23). The van der Waals surface area contributed by atoms with Crippen LogP contribution in [0.4, 0.5) is 10.2 Å². The minimum absolute atomic E-state index is 0.0100. The quantitative estimate of drug-likeness (QED) is 0.713. The van der Waals surface area contributed by atoms with E-state index in [2.05, 4.69) is 25.3 Å². The molecule has 8 heteroatoms. The van der Waals surface area contributed by atoms with Gasteiger partial charge in [0.05, 0.1) is 12.3 Å². The van der Waals surface area contributed by atoms with Crippen molar-refractivity contribution in [3.63, 3.8) is 0 Å². The van der Waals surface area contributed by atoms with Crippen molar-refractivity contribution in [2.45, 2.75) is 25.4 Å². The van der Waals surface area contributed by atoms with Crippen LogP contribution in [0.2, 0.25) is 0 Å². The summed E-state index contributed by atoms with van der Waals surface area (Å²) in [5.41, 5.74) is 1.81. The maximum atomic E-state index is 14.5. The van der Waals surface area contributed by atoms with Gasteiger partial charge in [0.1, 0.15) is 23.3 Å². The third-order valence-corrected chi connectivity index (χ3v) is 5.45. The summed E-state index contributed by atoms with van der Waals surface area (Å²) in [5.74, 6) is 0.535. The summed E-state index contributed by atoms with van der Waals surface area (Å²) in [6.45, 7) is 2.46. The lowest BCUT2D eigenvalue weighted by atomic mass is 9.92. The largest absolute Gasteiger partial charge is 0.395 e. The molecule has 4 rings (SSSR count). The summed E-state index contributed by atoms with van der Waals surface area (Å²) in [4.78, 5) is 10.5. The van der Waals surface area contributed by atoms with Crippen molar-refractivity contribution in [3.05, 3.63) is 47.7 Å².